The van der Waals surface area contributed by atoms with Crippen LogP contribution < -0.4 is 15.0 Å². The Morgan fingerprint density at radius 3 is 2.45 bits per heavy atom. The molecule has 0 fully saturated rings. The molecule has 3 aromatic carbocycles. The van der Waals surface area contributed by atoms with E-state index in [1.807, 2.05) is 30.3 Å². The summed E-state index contributed by atoms with van der Waals surface area (Å²) in [7, 11) is 1.54. The second-order valence-electron chi connectivity index (χ2n) is 6.52. The number of hydrogen-bond donors (Lipinski definition) is 1. The molecule has 0 atom stereocenters. The second-order valence-corrected chi connectivity index (χ2v) is 8.01. The SMILES string of the molecule is COc1cccc(NC2=C(Sc3ccccc3)C(=O)N(c3ccc(F)c(Cl)c3)C2=O)c1. The number of imide groups is 1. The molecule has 0 aliphatic carbocycles. The van der Waals surface area contributed by atoms with E-state index in [9.17, 15) is 14.0 Å². The minimum absolute atomic E-state index is 0.118. The maximum atomic E-state index is 13.6. The molecule has 1 N–H and O–H groups in total. The van der Waals surface area contributed by atoms with Crippen molar-refractivity contribution in [1.82, 2.24) is 0 Å². The lowest BCUT2D eigenvalue weighted by Gasteiger charge is -2.16. The first-order chi connectivity index (χ1) is 15.0. The number of anilines is 2. The van der Waals surface area contributed by atoms with E-state index in [2.05, 4.69) is 5.32 Å². The molecule has 2 amide bonds. The van der Waals surface area contributed by atoms with Gasteiger partial charge in [0, 0.05) is 16.6 Å². The number of methoxy groups -OCH3 is 1. The van der Waals surface area contributed by atoms with Gasteiger partial charge in [0.15, 0.2) is 0 Å². The van der Waals surface area contributed by atoms with Crippen LogP contribution in [0.25, 0.3) is 0 Å². The Balaban J connectivity index is 1.75. The zero-order valence-corrected chi connectivity index (χ0v) is 17.8. The van der Waals surface area contributed by atoms with Crippen molar-refractivity contribution >= 4 is 46.6 Å². The van der Waals surface area contributed by atoms with Gasteiger partial charge in [0.05, 0.1) is 17.8 Å². The minimum atomic E-state index is -0.633. The number of halogens is 2. The van der Waals surface area contributed by atoms with Gasteiger partial charge in [0.1, 0.15) is 22.2 Å². The number of nitrogens with one attached hydrogen (secondary N) is 1. The van der Waals surface area contributed by atoms with E-state index in [-0.39, 0.29) is 21.3 Å². The molecular weight excluding hydrogens is 439 g/mol. The quantitative estimate of drug-likeness (QED) is 0.500. The summed E-state index contributed by atoms with van der Waals surface area (Å²) in [5.41, 5.74) is 0.892. The average Bonchev–Trinajstić information content (AvgIpc) is 3.00. The lowest BCUT2D eigenvalue weighted by atomic mass is 10.2. The van der Waals surface area contributed by atoms with Crippen molar-refractivity contribution in [3.05, 3.63) is 94.2 Å². The topological polar surface area (TPSA) is 58.6 Å². The molecule has 1 aliphatic rings. The van der Waals surface area contributed by atoms with Gasteiger partial charge in [-0.2, -0.15) is 0 Å². The molecule has 0 radical (unpaired) electrons. The van der Waals surface area contributed by atoms with Crippen LogP contribution in [0.5, 0.6) is 5.75 Å². The third-order valence-corrected chi connectivity index (χ3v) is 5.89. The highest BCUT2D eigenvalue weighted by atomic mass is 35.5. The summed E-state index contributed by atoms with van der Waals surface area (Å²) in [6.07, 6.45) is 0. The molecule has 0 unspecified atom stereocenters. The number of carbonyl (C=O) groups is 2. The van der Waals surface area contributed by atoms with Crippen molar-refractivity contribution in [2.75, 3.05) is 17.3 Å². The molecule has 0 spiro atoms. The molecule has 0 aromatic heterocycles. The van der Waals surface area contributed by atoms with Gasteiger partial charge >= 0.3 is 0 Å². The van der Waals surface area contributed by atoms with E-state index in [1.54, 1.807) is 31.4 Å². The Bertz CT molecular complexity index is 1200. The number of hydrogen-bond acceptors (Lipinski definition) is 5. The first kappa shape index (κ1) is 21.0. The minimum Gasteiger partial charge on any atom is -0.497 e. The Labute approximate surface area is 187 Å². The van der Waals surface area contributed by atoms with Gasteiger partial charge in [-0.1, -0.05) is 47.6 Å². The normalized spacial score (nSPS) is 13.7. The Kier molecular flexibility index (Phi) is 5.97. The van der Waals surface area contributed by atoms with E-state index in [1.165, 1.54) is 23.9 Å². The van der Waals surface area contributed by atoms with Gasteiger partial charge in [-0.05, 0) is 42.5 Å². The predicted molar refractivity (Wildman–Crippen MR) is 120 cm³/mol. The van der Waals surface area contributed by atoms with Crippen LogP contribution in [0.3, 0.4) is 0 Å². The van der Waals surface area contributed by atoms with Crippen molar-refractivity contribution in [3.8, 4) is 5.75 Å². The fourth-order valence-electron chi connectivity index (χ4n) is 3.02. The van der Waals surface area contributed by atoms with Crippen LogP contribution in [-0.4, -0.2) is 18.9 Å². The number of thioether (sulfide) groups is 1. The van der Waals surface area contributed by atoms with E-state index >= 15 is 0 Å². The van der Waals surface area contributed by atoms with Crippen LogP contribution >= 0.6 is 23.4 Å². The summed E-state index contributed by atoms with van der Waals surface area (Å²) >= 11 is 7.05. The van der Waals surface area contributed by atoms with E-state index in [0.717, 1.165) is 15.9 Å². The summed E-state index contributed by atoms with van der Waals surface area (Å²) in [6, 6.07) is 20.0. The highest BCUT2D eigenvalue weighted by molar-refractivity contribution is 8.04. The van der Waals surface area contributed by atoms with Gasteiger partial charge in [-0.3, -0.25) is 9.59 Å². The number of ether oxygens (including phenoxy) is 1. The first-order valence-electron chi connectivity index (χ1n) is 9.20. The molecule has 0 bridgehead atoms. The molecular formula is C23H16ClFN2O3S. The number of benzene rings is 3. The highest BCUT2D eigenvalue weighted by Crippen LogP contribution is 2.38. The maximum absolute atomic E-state index is 13.6. The Morgan fingerprint density at radius 2 is 1.74 bits per heavy atom. The number of amides is 2. The van der Waals surface area contributed by atoms with Crippen LogP contribution in [-0.2, 0) is 9.59 Å². The van der Waals surface area contributed by atoms with Gasteiger partial charge in [-0.15, -0.1) is 0 Å². The number of carbonyl (C=O) groups excluding carboxylic acids is 2. The molecule has 8 heteroatoms. The summed E-state index contributed by atoms with van der Waals surface area (Å²) in [6.45, 7) is 0. The van der Waals surface area contributed by atoms with Crippen LogP contribution in [0.4, 0.5) is 15.8 Å². The molecule has 156 valence electrons. The molecule has 1 heterocycles. The zero-order valence-electron chi connectivity index (χ0n) is 16.3. The summed E-state index contributed by atoms with van der Waals surface area (Å²) in [5, 5.41) is 2.88. The van der Waals surface area contributed by atoms with Gasteiger partial charge in [-0.25, -0.2) is 9.29 Å². The highest BCUT2D eigenvalue weighted by Gasteiger charge is 2.40. The van der Waals surface area contributed by atoms with Gasteiger partial charge in [0.2, 0.25) is 0 Å². The third kappa shape index (κ3) is 4.28. The van der Waals surface area contributed by atoms with Crippen molar-refractivity contribution in [2.24, 2.45) is 0 Å². The largest absolute Gasteiger partial charge is 0.497 e. The van der Waals surface area contributed by atoms with Gasteiger partial charge in [0.25, 0.3) is 11.8 Å². The molecule has 31 heavy (non-hydrogen) atoms. The van der Waals surface area contributed by atoms with Crippen molar-refractivity contribution in [3.63, 3.8) is 0 Å². The van der Waals surface area contributed by atoms with E-state index in [4.69, 9.17) is 16.3 Å². The number of nitrogens with zero attached hydrogens (tertiary/aromatic N) is 1. The summed E-state index contributed by atoms with van der Waals surface area (Å²) < 4.78 is 18.9. The third-order valence-electron chi connectivity index (χ3n) is 4.50. The monoisotopic (exact) mass is 454 g/mol. The molecule has 1 aliphatic heterocycles. The molecule has 0 saturated heterocycles. The molecule has 4 rings (SSSR count). The average molecular weight is 455 g/mol. The van der Waals surface area contributed by atoms with E-state index < -0.39 is 17.6 Å². The first-order valence-corrected chi connectivity index (χ1v) is 10.4. The summed E-state index contributed by atoms with van der Waals surface area (Å²) in [4.78, 5) is 28.5. The lowest BCUT2D eigenvalue weighted by molar-refractivity contribution is -0.120. The van der Waals surface area contributed by atoms with Crippen LogP contribution in [0.1, 0.15) is 0 Å². The standard InChI is InChI=1S/C23H16ClFN2O3S/c1-30-16-7-5-6-14(12-16)26-20-21(31-17-8-3-2-4-9-17)23(29)27(22(20)28)15-10-11-19(25)18(24)13-15/h2-13,26H,1H3. The number of rotatable bonds is 6. The van der Waals surface area contributed by atoms with Crippen LogP contribution in [0.2, 0.25) is 5.02 Å². The fourth-order valence-corrected chi connectivity index (χ4v) is 4.15. The van der Waals surface area contributed by atoms with Crippen molar-refractivity contribution in [1.29, 1.82) is 0 Å². The molecule has 5 nitrogen and oxygen atoms in total. The Morgan fingerprint density at radius 1 is 0.968 bits per heavy atom. The molecule has 3 aromatic rings. The predicted octanol–water partition coefficient (Wildman–Crippen LogP) is 5.48. The summed E-state index contributed by atoms with van der Waals surface area (Å²) in [5.74, 6) is -1.12. The molecule has 0 saturated carbocycles. The second kappa shape index (κ2) is 8.83. The van der Waals surface area contributed by atoms with Crippen LogP contribution in [0.15, 0.2) is 88.3 Å². The van der Waals surface area contributed by atoms with E-state index in [0.29, 0.717) is 11.4 Å². The fraction of sp³-hybridized carbons (Fsp3) is 0.0435. The zero-order chi connectivity index (χ0) is 22.0. The van der Waals surface area contributed by atoms with Crippen LogP contribution in [0, 0.1) is 5.82 Å². The van der Waals surface area contributed by atoms with Crippen molar-refractivity contribution in [2.45, 2.75) is 4.90 Å². The lowest BCUT2D eigenvalue weighted by Crippen LogP contribution is -2.32. The Hall–Kier alpha value is -3.29. The van der Waals surface area contributed by atoms with Gasteiger partial charge < -0.3 is 10.1 Å². The smallest absolute Gasteiger partial charge is 0.283 e. The maximum Gasteiger partial charge on any atom is 0.283 e. The van der Waals surface area contributed by atoms with Crippen molar-refractivity contribution < 1.29 is 18.7 Å².